The number of benzene rings is 3. The van der Waals surface area contributed by atoms with Gasteiger partial charge in [-0.15, -0.1) is 0 Å². The number of hydrogen-bond donors (Lipinski definition) is 2. The molecule has 3 rings (SSSR count). The van der Waals surface area contributed by atoms with Crippen molar-refractivity contribution < 1.29 is 19.1 Å². The molecule has 0 amide bonds. The molecule has 0 aliphatic heterocycles. The standard InChI is InChI=1S/C27H30N2O4/c1-18(2)25-23(32-26(30)21(28)16-19-10-5-3-6-11-19)14-9-15-24(25)33-27(31)22(29)17-20-12-7-4-8-13-20/h3-15,18,21-22H,16-17,28-29H2,1-2H3. The highest BCUT2D eigenvalue weighted by atomic mass is 16.5. The van der Waals surface area contributed by atoms with Crippen molar-refractivity contribution in [2.24, 2.45) is 11.5 Å². The van der Waals surface area contributed by atoms with Crippen LogP contribution >= 0.6 is 0 Å². The summed E-state index contributed by atoms with van der Waals surface area (Å²) in [7, 11) is 0. The summed E-state index contributed by atoms with van der Waals surface area (Å²) in [5, 5.41) is 0. The molecular weight excluding hydrogens is 416 g/mol. The van der Waals surface area contributed by atoms with Gasteiger partial charge in [0.05, 0.1) is 0 Å². The largest absolute Gasteiger partial charge is 0.425 e. The Hall–Kier alpha value is -3.48. The maximum absolute atomic E-state index is 12.7. The normalized spacial score (nSPS) is 12.8. The van der Waals surface area contributed by atoms with E-state index in [2.05, 4.69) is 0 Å². The van der Waals surface area contributed by atoms with Crippen LogP contribution in [-0.4, -0.2) is 24.0 Å². The summed E-state index contributed by atoms with van der Waals surface area (Å²) in [6, 6.07) is 22.4. The zero-order chi connectivity index (χ0) is 23.8. The summed E-state index contributed by atoms with van der Waals surface area (Å²) in [4.78, 5) is 25.3. The number of ether oxygens (including phenoxy) is 2. The molecular formula is C27H30N2O4. The fourth-order valence-electron chi connectivity index (χ4n) is 3.54. The zero-order valence-electron chi connectivity index (χ0n) is 18.9. The maximum Gasteiger partial charge on any atom is 0.328 e. The molecule has 0 bridgehead atoms. The third-order valence-corrected chi connectivity index (χ3v) is 5.23. The molecule has 0 saturated carbocycles. The van der Waals surface area contributed by atoms with Crippen LogP contribution in [-0.2, 0) is 22.4 Å². The molecule has 4 N–H and O–H groups in total. The minimum absolute atomic E-state index is 0.0764. The van der Waals surface area contributed by atoms with Gasteiger partial charge in [0.2, 0.25) is 0 Å². The van der Waals surface area contributed by atoms with E-state index in [1.54, 1.807) is 18.2 Å². The lowest BCUT2D eigenvalue weighted by Crippen LogP contribution is -2.37. The molecule has 6 heteroatoms. The van der Waals surface area contributed by atoms with Crippen LogP contribution < -0.4 is 20.9 Å². The van der Waals surface area contributed by atoms with Crippen molar-refractivity contribution in [1.29, 1.82) is 0 Å². The van der Waals surface area contributed by atoms with E-state index in [4.69, 9.17) is 20.9 Å². The van der Waals surface area contributed by atoms with Crippen LogP contribution in [0.2, 0.25) is 0 Å². The molecule has 0 aliphatic rings. The van der Waals surface area contributed by atoms with Gasteiger partial charge in [0.25, 0.3) is 0 Å². The smallest absolute Gasteiger partial charge is 0.328 e. The summed E-state index contributed by atoms with van der Waals surface area (Å²) in [5.74, 6) is -0.539. The minimum Gasteiger partial charge on any atom is -0.425 e. The van der Waals surface area contributed by atoms with Crippen molar-refractivity contribution in [1.82, 2.24) is 0 Å². The Labute approximate surface area is 194 Å². The van der Waals surface area contributed by atoms with E-state index in [0.29, 0.717) is 29.9 Å². The van der Waals surface area contributed by atoms with Gasteiger partial charge in [0.1, 0.15) is 23.6 Å². The van der Waals surface area contributed by atoms with Gasteiger partial charge in [0.15, 0.2) is 0 Å². The maximum atomic E-state index is 12.7. The van der Waals surface area contributed by atoms with Crippen molar-refractivity contribution >= 4 is 11.9 Å². The third-order valence-electron chi connectivity index (χ3n) is 5.23. The molecule has 0 aromatic heterocycles. The monoisotopic (exact) mass is 446 g/mol. The molecule has 2 atom stereocenters. The summed E-state index contributed by atoms with van der Waals surface area (Å²) >= 11 is 0. The zero-order valence-corrected chi connectivity index (χ0v) is 18.9. The van der Waals surface area contributed by atoms with E-state index in [1.807, 2.05) is 74.5 Å². The van der Waals surface area contributed by atoms with Gasteiger partial charge in [-0.2, -0.15) is 0 Å². The lowest BCUT2D eigenvalue weighted by Gasteiger charge is -2.19. The van der Waals surface area contributed by atoms with Crippen molar-refractivity contribution in [3.05, 3.63) is 95.6 Å². The SMILES string of the molecule is CC(C)c1c(OC(=O)C(N)Cc2ccccc2)cccc1OC(=O)C(N)Cc1ccccc1. The highest BCUT2D eigenvalue weighted by molar-refractivity contribution is 5.80. The summed E-state index contributed by atoms with van der Waals surface area (Å²) in [6.07, 6.45) is 0.722. The Morgan fingerprint density at radius 3 is 1.42 bits per heavy atom. The fourth-order valence-corrected chi connectivity index (χ4v) is 3.54. The molecule has 0 spiro atoms. The Morgan fingerprint density at radius 2 is 1.06 bits per heavy atom. The second-order valence-corrected chi connectivity index (χ2v) is 8.26. The Balaban J connectivity index is 1.72. The van der Waals surface area contributed by atoms with Crippen molar-refractivity contribution in [3.63, 3.8) is 0 Å². The van der Waals surface area contributed by atoms with Crippen molar-refractivity contribution in [2.75, 3.05) is 0 Å². The number of hydrogen-bond acceptors (Lipinski definition) is 6. The quantitative estimate of drug-likeness (QED) is 0.383. The topological polar surface area (TPSA) is 105 Å². The van der Waals surface area contributed by atoms with E-state index >= 15 is 0 Å². The van der Waals surface area contributed by atoms with Crippen LogP contribution in [0.25, 0.3) is 0 Å². The highest BCUT2D eigenvalue weighted by Gasteiger charge is 2.24. The number of carbonyl (C=O) groups excluding carboxylic acids is 2. The van der Waals surface area contributed by atoms with Crippen molar-refractivity contribution in [2.45, 2.75) is 44.7 Å². The highest BCUT2D eigenvalue weighted by Crippen LogP contribution is 2.35. The van der Waals surface area contributed by atoms with Crippen LogP contribution in [0.5, 0.6) is 11.5 Å². The third kappa shape index (κ3) is 6.75. The van der Waals surface area contributed by atoms with Gasteiger partial charge in [-0.3, -0.25) is 0 Å². The van der Waals surface area contributed by atoms with Gasteiger partial charge in [-0.25, -0.2) is 9.59 Å². The first-order chi connectivity index (χ1) is 15.8. The number of nitrogens with two attached hydrogens (primary N) is 2. The van der Waals surface area contributed by atoms with E-state index in [-0.39, 0.29) is 5.92 Å². The molecule has 172 valence electrons. The van der Waals surface area contributed by atoms with Gasteiger partial charge < -0.3 is 20.9 Å². The number of rotatable bonds is 9. The molecule has 3 aromatic rings. The summed E-state index contributed by atoms with van der Waals surface area (Å²) in [6.45, 7) is 3.86. The second kappa shape index (κ2) is 11.4. The van der Waals surface area contributed by atoms with Crippen LogP contribution in [0.4, 0.5) is 0 Å². The van der Waals surface area contributed by atoms with E-state index < -0.39 is 24.0 Å². The lowest BCUT2D eigenvalue weighted by molar-refractivity contribution is -0.136. The lowest BCUT2D eigenvalue weighted by atomic mass is 10.0. The first kappa shape index (κ1) is 24.2. The molecule has 33 heavy (non-hydrogen) atoms. The van der Waals surface area contributed by atoms with E-state index in [9.17, 15) is 9.59 Å². The second-order valence-electron chi connectivity index (χ2n) is 8.26. The Bertz CT molecular complexity index is 988. The molecule has 6 nitrogen and oxygen atoms in total. The van der Waals surface area contributed by atoms with E-state index in [1.165, 1.54) is 0 Å². The Morgan fingerprint density at radius 1 is 0.667 bits per heavy atom. The average molecular weight is 447 g/mol. The van der Waals surface area contributed by atoms with E-state index in [0.717, 1.165) is 11.1 Å². The first-order valence-corrected chi connectivity index (χ1v) is 11.0. The molecule has 2 unspecified atom stereocenters. The number of carbonyl (C=O) groups is 2. The van der Waals surface area contributed by atoms with Crippen LogP contribution in [0.1, 0.15) is 36.5 Å². The van der Waals surface area contributed by atoms with Gasteiger partial charge in [0, 0.05) is 5.56 Å². The molecule has 0 saturated heterocycles. The van der Waals surface area contributed by atoms with Gasteiger partial charge >= 0.3 is 11.9 Å². The van der Waals surface area contributed by atoms with Gasteiger partial charge in [-0.1, -0.05) is 80.6 Å². The van der Waals surface area contributed by atoms with Crippen molar-refractivity contribution in [3.8, 4) is 11.5 Å². The molecule has 0 heterocycles. The molecule has 0 radical (unpaired) electrons. The average Bonchev–Trinajstić information content (AvgIpc) is 2.80. The molecule has 0 fully saturated rings. The molecule has 0 aliphatic carbocycles. The summed E-state index contributed by atoms with van der Waals surface area (Å²) in [5.41, 5.74) is 14.7. The predicted molar refractivity (Wildman–Crippen MR) is 128 cm³/mol. The summed E-state index contributed by atoms with van der Waals surface area (Å²) < 4.78 is 11.3. The fraction of sp³-hybridized carbons (Fsp3) is 0.259. The minimum atomic E-state index is -0.821. The molecule has 3 aromatic carbocycles. The first-order valence-electron chi connectivity index (χ1n) is 11.0. The van der Waals surface area contributed by atoms with Crippen LogP contribution in [0.3, 0.4) is 0 Å². The van der Waals surface area contributed by atoms with Crippen LogP contribution in [0, 0.1) is 0 Å². The Kier molecular flexibility index (Phi) is 8.35. The van der Waals surface area contributed by atoms with Crippen LogP contribution in [0.15, 0.2) is 78.9 Å². The van der Waals surface area contributed by atoms with Gasteiger partial charge in [-0.05, 0) is 42.0 Å². The predicted octanol–water partition coefficient (Wildman–Crippen LogP) is 3.76. The number of esters is 2.